The Balaban J connectivity index is 4.52. The van der Waals surface area contributed by atoms with Crippen LogP contribution in [0.1, 0.15) is 53.9 Å². The van der Waals surface area contributed by atoms with Crippen molar-refractivity contribution in [2.45, 2.75) is 59.8 Å². The molecule has 0 aromatic carbocycles. The average molecular weight is 343 g/mol. The molecule has 0 fully saturated rings. The van der Waals surface area contributed by atoms with Crippen molar-refractivity contribution in [1.82, 2.24) is 4.31 Å². The molecular weight excluding hydrogens is 312 g/mol. The Labute approximate surface area is 134 Å². The van der Waals surface area contributed by atoms with Crippen molar-refractivity contribution in [3.05, 3.63) is 0 Å². The molecule has 0 aliphatic carbocycles. The van der Waals surface area contributed by atoms with Crippen LogP contribution in [0.2, 0.25) is 0 Å². The highest BCUT2D eigenvalue weighted by Gasteiger charge is 2.25. The second-order valence-electron chi connectivity index (χ2n) is 7.00. The molecule has 0 amide bonds. The molecule has 0 aromatic rings. The SMILES string of the molecule is CCCCN(CCC(C)(C)C)S(=O)(=O)CCOCC(C)(F)F. The normalized spacial score (nSPS) is 13.8. The molecule has 0 bridgehead atoms. The zero-order valence-corrected chi connectivity index (χ0v) is 15.3. The first kappa shape index (κ1) is 21.7. The minimum absolute atomic E-state index is 0.0424. The largest absolute Gasteiger partial charge is 0.374 e. The number of hydrogen-bond donors (Lipinski definition) is 0. The fourth-order valence-electron chi connectivity index (χ4n) is 1.73. The topological polar surface area (TPSA) is 46.6 Å². The molecule has 0 heterocycles. The van der Waals surface area contributed by atoms with E-state index in [4.69, 9.17) is 4.74 Å². The van der Waals surface area contributed by atoms with E-state index in [0.717, 1.165) is 26.2 Å². The van der Waals surface area contributed by atoms with Crippen LogP contribution in [0.25, 0.3) is 0 Å². The molecule has 7 heteroatoms. The van der Waals surface area contributed by atoms with Gasteiger partial charge in [0.2, 0.25) is 10.0 Å². The van der Waals surface area contributed by atoms with Gasteiger partial charge in [-0.1, -0.05) is 34.1 Å². The maximum absolute atomic E-state index is 12.6. The van der Waals surface area contributed by atoms with E-state index in [2.05, 4.69) is 20.8 Å². The lowest BCUT2D eigenvalue weighted by molar-refractivity contribution is -0.0591. The van der Waals surface area contributed by atoms with Gasteiger partial charge < -0.3 is 4.74 Å². The first-order chi connectivity index (χ1) is 9.87. The van der Waals surface area contributed by atoms with Gasteiger partial charge in [-0.3, -0.25) is 0 Å². The predicted octanol–water partition coefficient (Wildman–Crippen LogP) is 3.53. The summed E-state index contributed by atoms with van der Waals surface area (Å²) in [7, 11) is -3.47. The molecule has 0 spiro atoms. The van der Waals surface area contributed by atoms with E-state index in [9.17, 15) is 17.2 Å². The summed E-state index contributed by atoms with van der Waals surface area (Å²) in [5.41, 5.74) is 0.0424. The summed E-state index contributed by atoms with van der Waals surface area (Å²) in [4.78, 5) is 0. The molecule has 0 atom stereocenters. The summed E-state index contributed by atoms with van der Waals surface area (Å²) in [6, 6.07) is 0. The lowest BCUT2D eigenvalue weighted by Gasteiger charge is -2.26. The first-order valence-corrected chi connectivity index (χ1v) is 9.42. The Kier molecular flexibility index (Phi) is 9.02. The van der Waals surface area contributed by atoms with Crippen molar-refractivity contribution >= 4 is 10.0 Å². The first-order valence-electron chi connectivity index (χ1n) is 7.81. The quantitative estimate of drug-likeness (QED) is 0.539. The summed E-state index contributed by atoms with van der Waals surface area (Å²) in [5, 5.41) is 0. The molecule has 22 heavy (non-hydrogen) atoms. The molecule has 0 rings (SSSR count). The summed E-state index contributed by atoms with van der Waals surface area (Å²) in [5.74, 6) is -3.19. The fourth-order valence-corrected chi connectivity index (χ4v) is 3.09. The van der Waals surface area contributed by atoms with Crippen molar-refractivity contribution in [2.24, 2.45) is 5.41 Å². The number of alkyl halides is 2. The van der Waals surface area contributed by atoms with Crippen molar-refractivity contribution in [3.63, 3.8) is 0 Å². The second kappa shape index (κ2) is 9.13. The minimum Gasteiger partial charge on any atom is -0.374 e. The lowest BCUT2D eigenvalue weighted by Crippen LogP contribution is -2.37. The number of hydrogen-bond acceptors (Lipinski definition) is 3. The van der Waals surface area contributed by atoms with Crippen LogP contribution >= 0.6 is 0 Å². The van der Waals surface area contributed by atoms with Crippen molar-refractivity contribution in [2.75, 3.05) is 32.1 Å². The van der Waals surface area contributed by atoms with Gasteiger partial charge in [-0.25, -0.2) is 21.5 Å². The smallest absolute Gasteiger partial charge is 0.268 e. The molecule has 134 valence electrons. The van der Waals surface area contributed by atoms with Gasteiger partial charge in [0, 0.05) is 20.0 Å². The van der Waals surface area contributed by atoms with E-state index in [-0.39, 0.29) is 17.8 Å². The van der Waals surface area contributed by atoms with Gasteiger partial charge >= 0.3 is 0 Å². The zero-order chi connectivity index (χ0) is 17.4. The van der Waals surface area contributed by atoms with Crippen LogP contribution in [0.3, 0.4) is 0 Å². The van der Waals surface area contributed by atoms with Gasteiger partial charge in [-0.15, -0.1) is 0 Å². The monoisotopic (exact) mass is 343 g/mol. The van der Waals surface area contributed by atoms with Crippen LogP contribution in [0.5, 0.6) is 0 Å². The van der Waals surface area contributed by atoms with Crippen LogP contribution in [0, 0.1) is 5.41 Å². The third-order valence-corrected chi connectivity index (χ3v) is 4.94. The van der Waals surface area contributed by atoms with Crippen LogP contribution in [0.4, 0.5) is 8.78 Å². The van der Waals surface area contributed by atoms with E-state index >= 15 is 0 Å². The van der Waals surface area contributed by atoms with E-state index in [0.29, 0.717) is 13.1 Å². The number of sulfonamides is 1. The molecule has 0 N–H and O–H groups in total. The van der Waals surface area contributed by atoms with Gasteiger partial charge in [-0.2, -0.15) is 0 Å². The Morgan fingerprint density at radius 2 is 1.68 bits per heavy atom. The van der Waals surface area contributed by atoms with Gasteiger partial charge in [-0.05, 0) is 18.3 Å². The van der Waals surface area contributed by atoms with Gasteiger partial charge in [0.05, 0.1) is 12.4 Å². The Bertz CT molecular complexity index is 400. The van der Waals surface area contributed by atoms with E-state index in [1.54, 1.807) is 0 Å². The highest BCUT2D eigenvalue weighted by Crippen LogP contribution is 2.20. The summed E-state index contributed by atoms with van der Waals surface area (Å²) >= 11 is 0. The highest BCUT2D eigenvalue weighted by atomic mass is 32.2. The summed E-state index contributed by atoms with van der Waals surface area (Å²) in [6.07, 6.45) is 2.45. The summed E-state index contributed by atoms with van der Waals surface area (Å²) < 4.78 is 56.2. The predicted molar refractivity (Wildman–Crippen MR) is 85.8 cm³/mol. The highest BCUT2D eigenvalue weighted by molar-refractivity contribution is 7.89. The fraction of sp³-hybridized carbons (Fsp3) is 1.00. The minimum atomic E-state index is -3.47. The number of ether oxygens (including phenoxy) is 1. The molecule has 0 aliphatic rings. The third kappa shape index (κ3) is 11.3. The molecule has 0 saturated carbocycles. The molecule has 0 aliphatic heterocycles. The number of rotatable bonds is 11. The Morgan fingerprint density at radius 3 is 2.14 bits per heavy atom. The Morgan fingerprint density at radius 1 is 1.09 bits per heavy atom. The van der Waals surface area contributed by atoms with E-state index in [1.807, 2.05) is 6.92 Å². The maximum Gasteiger partial charge on any atom is 0.268 e. The standard InChI is InChI=1S/C15H31F2NO3S/c1-6-7-9-18(10-8-14(2,3)4)22(19,20)12-11-21-13-15(5,16)17/h6-13H2,1-5H3. The maximum atomic E-state index is 12.6. The van der Waals surface area contributed by atoms with Crippen molar-refractivity contribution in [3.8, 4) is 0 Å². The van der Waals surface area contributed by atoms with Crippen molar-refractivity contribution in [1.29, 1.82) is 0 Å². The molecule has 0 unspecified atom stereocenters. The molecule has 0 saturated heterocycles. The number of nitrogens with zero attached hydrogens (tertiary/aromatic N) is 1. The van der Waals surface area contributed by atoms with E-state index in [1.165, 1.54) is 4.31 Å². The van der Waals surface area contributed by atoms with Crippen LogP contribution in [-0.4, -0.2) is 50.7 Å². The van der Waals surface area contributed by atoms with E-state index < -0.39 is 22.6 Å². The molecular formula is C15H31F2NO3S. The van der Waals surface area contributed by atoms with Gasteiger partial charge in [0.1, 0.15) is 6.61 Å². The third-order valence-electron chi connectivity index (χ3n) is 3.11. The zero-order valence-electron chi connectivity index (χ0n) is 14.5. The van der Waals surface area contributed by atoms with Gasteiger partial charge in [0.15, 0.2) is 0 Å². The number of unbranched alkanes of at least 4 members (excludes halogenated alkanes) is 1. The second-order valence-corrected chi connectivity index (χ2v) is 9.09. The number of halogens is 2. The van der Waals surface area contributed by atoms with Gasteiger partial charge in [0.25, 0.3) is 5.92 Å². The van der Waals surface area contributed by atoms with Crippen LogP contribution in [-0.2, 0) is 14.8 Å². The van der Waals surface area contributed by atoms with Crippen LogP contribution in [0.15, 0.2) is 0 Å². The lowest BCUT2D eigenvalue weighted by atomic mass is 9.92. The average Bonchev–Trinajstić information content (AvgIpc) is 2.32. The molecule has 0 aromatic heterocycles. The van der Waals surface area contributed by atoms with Crippen molar-refractivity contribution < 1.29 is 21.9 Å². The molecule has 0 radical (unpaired) electrons. The van der Waals surface area contributed by atoms with Crippen LogP contribution < -0.4 is 0 Å². The Hall–Kier alpha value is -0.270. The summed E-state index contributed by atoms with van der Waals surface area (Å²) in [6.45, 7) is 8.90. The molecule has 4 nitrogen and oxygen atoms in total.